The summed E-state index contributed by atoms with van der Waals surface area (Å²) in [4.78, 5) is 0. The summed E-state index contributed by atoms with van der Waals surface area (Å²) in [5.74, 6) is 0. The molecule has 0 heterocycles. The van der Waals surface area contributed by atoms with Gasteiger partial charge in [0.05, 0.1) is 5.50 Å². The first kappa shape index (κ1) is 9.47. The van der Waals surface area contributed by atoms with E-state index in [1.165, 1.54) is 16.7 Å². The number of alkyl halides is 1. The molecule has 0 radical (unpaired) electrons. The Kier molecular flexibility index (Phi) is 5.54. The van der Waals surface area contributed by atoms with Gasteiger partial charge in [-0.05, 0) is 12.1 Å². The van der Waals surface area contributed by atoms with Gasteiger partial charge in [0.15, 0.2) is 0 Å². The molecule has 0 rings (SSSR count). The molecule has 2 atom stereocenters. The minimum atomic E-state index is 0.215. The Morgan fingerprint density at radius 1 is 1.56 bits per heavy atom. The first-order valence-corrected chi connectivity index (χ1v) is 5.18. The molecule has 0 aromatic rings. The molecule has 0 aliphatic heterocycles. The van der Waals surface area contributed by atoms with Crippen LogP contribution in [0.3, 0.4) is 0 Å². The van der Waals surface area contributed by atoms with Crippen molar-refractivity contribution in [1.29, 1.82) is 0 Å². The standard InChI is InChI=1S/C6H16ClNSi/c1-3-5(9)6(7)8-4-2/h5-6,8H,3-4H2,1-2,9H3. The van der Waals surface area contributed by atoms with E-state index < -0.39 is 0 Å². The van der Waals surface area contributed by atoms with E-state index in [4.69, 9.17) is 11.6 Å². The maximum absolute atomic E-state index is 5.96. The third kappa shape index (κ3) is 3.95. The van der Waals surface area contributed by atoms with Gasteiger partial charge in [0.1, 0.15) is 0 Å². The Labute approximate surface area is 65.6 Å². The van der Waals surface area contributed by atoms with Crippen LogP contribution in [0.15, 0.2) is 0 Å². The molecule has 0 fully saturated rings. The lowest BCUT2D eigenvalue weighted by Crippen LogP contribution is -2.27. The van der Waals surface area contributed by atoms with Gasteiger partial charge in [0.25, 0.3) is 0 Å². The van der Waals surface area contributed by atoms with Crippen molar-refractivity contribution in [1.82, 2.24) is 5.32 Å². The zero-order valence-electron chi connectivity index (χ0n) is 6.45. The van der Waals surface area contributed by atoms with Gasteiger partial charge in [-0.25, -0.2) is 0 Å². The van der Waals surface area contributed by atoms with Crippen LogP contribution in [0.2, 0.25) is 5.54 Å². The molecule has 0 aliphatic rings. The van der Waals surface area contributed by atoms with Gasteiger partial charge in [-0.3, -0.25) is 0 Å². The molecule has 56 valence electrons. The second-order valence-electron chi connectivity index (χ2n) is 2.34. The highest BCUT2D eigenvalue weighted by molar-refractivity contribution is 6.26. The van der Waals surface area contributed by atoms with Crippen LogP contribution in [0.4, 0.5) is 0 Å². The van der Waals surface area contributed by atoms with Crippen molar-refractivity contribution in [2.45, 2.75) is 31.3 Å². The van der Waals surface area contributed by atoms with E-state index in [2.05, 4.69) is 19.2 Å². The molecule has 0 amide bonds. The van der Waals surface area contributed by atoms with Crippen molar-refractivity contribution < 1.29 is 0 Å². The lowest BCUT2D eigenvalue weighted by Gasteiger charge is -2.15. The predicted octanol–water partition coefficient (Wildman–Crippen LogP) is 0.725. The summed E-state index contributed by atoms with van der Waals surface area (Å²) in [6.45, 7) is 5.25. The fraction of sp³-hybridized carbons (Fsp3) is 1.00. The highest BCUT2D eigenvalue weighted by atomic mass is 35.5. The van der Waals surface area contributed by atoms with Crippen LogP contribution in [0, 0.1) is 0 Å². The van der Waals surface area contributed by atoms with Gasteiger partial charge in [-0.15, -0.1) is 11.6 Å². The summed E-state index contributed by atoms with van der Waals surface area (Å²) in [7, 11) is 1.19. The summed E-state index contributed by atoms with van der Waals surface area (Å²) in [6, 6.07) is 0. The van der Waals surface area contributed by atoms with Crippen molar-refractivity contribution in [3.8, 4) is 0 Å². The molecule has 0 aromatic carbocycles. The molecule has 0 saturated heterocycles. The number of halogens is 1. The zero-order valence-corrected chi connectivity index (χ0v) is 9.20. The number of rotatable bonds is 4. The Morgan fingerprint density at radius 3 is 2.44 bits per heavy atom. The summed E-state index contributed by atoms with van der Waals surface area (Å²) >= 11 is 5.96. The molecule has 0 bridgehead atoms. The summed E-state index contributed by atoms with van der Waals surface area (Å²) in [5.41, 5.74) is 0.929. The number of hydrogen-bond donors (Lipinski definition) is 1. The fourth-order valence-corrected chi connectivity index (χ4v) is 1.17. The number of nitrogens with one attached hydrogen (secondary N) is 1. The molecule has 0 saturated carbocycles. The largest absolute Gasteiger partial charge is 0.302 e. The van der Waals surface area contributed by atoms with E-state index in [0.29, 0.717) is 5.54 Å². The van der Waals surface area contributed by atoms with Crippen LogP contribution < -0.4 is 5.32 Å². The number of hydrogen-bond acceptors (Lipinski definition) is 1. The van der Waals surface area contributed by atoms with Gasteiger partial charge in [0.2, 0.25) is 0 Å². The van der Waals surface area contributed by atoms with Crippen LogP contribution in [0.1, 0.15) is 20.3 Å². The SMILES string of the molecule is CCNC(Cl)C([SiH3])CC. The van der Waals surface area contributed by atoms with Crippen molar-refractivity contribution in [3.63, 3.8) is 0 Å². The van der Waals surface area contributed by atoms with Crippen molar-refractivity contribution >= 4 is 21.8 Å². The van der Waals surface area contributed by atoms with Crippen molar-refractivity contribution in [2.75, 3.05) is 6.54 Å². The lowest BCUT2D eigenvalue weighted by molar-refractivity contribution is 0.612. The molecule has 2 unspecified atom stereocenters. The van der Waals surface area contributed by atoms with Crippen LogP contribution in [-0.2, 0) is 0 Å². The maximum Gasteiger partial charge on any atom is 0.0821 e. The maximum atomic E-state index is 5.96. The second-order valence-corrected chi connectivity index (χ2v) is 4.30. The van der Waals surface area contributed by atoms with E-state index in [1.807, 2.05) is 0 Å². The summed E-state index contributed by atoms with van der Waals surface area (Å²) < 4.78 is 0. The monoisotopic (exact) mass is 165 g/mol. The van der Waals surface area contributed by atoms with E-state index in [1.54, 1.807) is 0 Å². The average Bonchev–Trinajstić information content (AvgIpc) is 1.87. The van der Waals surface area contributed by atoms with Gasteiger partial charge in [-0.1, -0.05) is 20.3 Å². The Bertz CT molecular complexity index is 70.1. The fourth-order valence-electron chi connectivity index (χ4n) is 0.603. The van der Waals surface area contributed by atoms with E-state index in [-0.39, 0.29) is 5.50 Å². The lowest BCUT2D eigenvalue weighted by atomic mass is 10.3. The van der Waals surface area contributed by atoms with Gasteiger partial charge >= 0.3 is 0 Å². The van der Waals surface area contributed by atoms with Crippen LogP contribution >= 0.6 is 11.6 Å². The van der Waals surface area contributed by atoms with Crippen molar-refractivity contribution in [3.05, 3.63) is 0 Å². The summed E-state index contributed by atoms with van der Waals surface area (Å²) in [5, 5.41) is 3.20. The minimum Gasteiger partial charge on any atom is -0.302 e. The molecule has 0 aliphatic carbocycles. The molecule has 3 heteroatoms. The minimum absolute atomic E-state index is 0.215. The van der Waals surface area contributed by atoms with Gasteiger partial charge < -0.3 is 5.32 Å². The van der Waals surface area contributed by atoms with E-state index >= 15 is 0 Å². The third-order valence-electron chi connectivity index (χ3n) is 1.54. The quantitative estimate of drug-likeness (QED) is 0.368. The first-order valence-electron chi connectivity index (χ1n) is 3.59. The van der Waals surface area contributed by atoms with Gasteiger partial charge in [0, 0.05) is 10.2 Å². The van der Waals surface area contributed by atoms with Crippen LogP contribution in [0.25, 0.3) is 0 Å². The Hall–Kier alpha value is 0.467. The smallest absolute Gasteiger partial charge is 0.0821 e. The highest BCUT2D eigenvalue weighted by Gasteiger charge is 2.09. The van der Waals surface area contributed by atoms with E-state index in [0.717, 1.165) is 6.54 Å². The second kappa shape index (κ2) is 5.27. The van der Waals surface area contributed by atoms with Crippen LogP contribution in [-0.4, -0.2) is 22.3 Å². The van der Waals surface area contributed by atoms with Crippen molar-refractivity contribution in [2.24, 2.45) is 0 Å². The summed E-state index contributed by atoms with van der Waals surface area (Å²) in [6.07, 6.45) is 1.20. The molecule has 9 heavy (non-hydrogen) atoms. The highest BCUT2D eigenvalue weighted by Crippen LogP contribution is 2.13. The predicted molar refractivity (Wildman–Crippen MR) is 47.3 cm³/mol. The molecule has 1 nitrogen and oxygen atoms in total. The zero-order chi connectivity index (χ0) is 7.28. The van der Waals surface area contributed by atoms with E-state index in [9.17, 15) is 0 Å². The molecular weight excluding hydrogens is 150 g/mol. The van der Waals surface area contributed by atoms with Gasteiger partial charge in [-0.2, -0.15) is 0 Å². The topological polar surface area (TPSA) is 12.0 Å². The Morgan fingerprint density at radius 2 is 2.11 bits per heavy atom. The molecule has 0 aromatic heterocycles. The molecular formula is C6H16ClNSi. The molecule has 1 N–H and O–H groups in total. The normalized spacial score (nSPS) is 17.7. The first-order chi connectivity index (χ1) is 4.22. The molecule has 0 spiro atoms. The Balaban J connectivity index is 3.32. The van der Waals surface area contributed by atoms with Crippen LogP contribution in [0.5, 0.6) is 0 Å². The third-order valence-corrected chi connectivity index (χ3v) is 4.03. The average molecular weight is 166 g/mol.